The van der Waals surface area contributed by atoms with Gasteiger partial charge in [-0.25, -0.2) is 0 Å². The minimum Gasteiger partial charge on any atom is -0.378 e. The predicted octanol–water partition coefficient (Wildman–Crippen LogP) is 1.09. The van der Waals surface area contributed by atoms with Gasteiger partial charge in [0.25, 0.3) is 0 Å². The molecular weight excluding hydrogens is 176 g/mol. The van der Waals surface area contributed by atoms with Crippen molar-refractivity contribution in [3.05, 3.63) is 0 Å². The quantitative estimate of drug-likeness (QED) is 0.695. The van der Waals surface area contributed by atoms with E-state index in [1.54, 1.807) is 0 Å². The molecular formula is C11H24N2O. The molecule has 0 aromatic heterocycles. The summed E-state index contributed by atoms with van der Waals surface area (Å²) >= 11 is 0. The van der Waals surface area contributed by atoms with Gasteiger partial charge in [-0.1, -0.05) is 0 Å². The Morgan fingerprint density at radius 1 is 1.43 bits per heavy atom. The number of nitrogens with zero attached hydrogens (tertiary/aromatic N) is 1. The number of nitrogens with one attached hydrogen (secondary N) is 1. The molecule has 0 bridgehead atoms. The molecule has 0 aromatic rings. The van der Waals surface area contributed by atoms with Crippen LogP contribution in [0.15, 0.2) is 0 Å². The van der Waals surface area contributed by atoms with E-state index in [0.29, 0.717) is 18.2 Å². The molecule has 1 unspecified atom stereocenters. The van der Waals surface area contributed by atoms with Crippen LogP contribution in [0.4, 0.5) is 0 Å². The maximum atomic E-state index is 5.52. The highest BCUT2D eigenvalue weighted by molar-refractivity contribution is 4.87. The summed E-state index contributed by atoms with van der Waals surface area (Å²) in [7, 11) is 4.23. The summed E-state index contributed by atoms with van der Waals surface area (Å²) in [6.45, 7) is 6.27. The van der Waals surface area contributed by atoms with E-state index < -0.39 is 0 Å². The minimum absolute atomic E-state index is 0.518. The normalized spacial score (nSPS) is 28.9. The Morgan fingerprint density at radius 2 is 2.07 bits per heavy atom. The van der Waals surface area contributed by atoms with Crippen LogP contribution in [-0.2, 0) is 4.74 Å². The molecule has 0 spiro atoms. The van der Waals surface area contributed by atoms with Crippen molar-refractivity contribution in [3.63, 3.8) is 0 Å². The first kappa shape index (κ1) is 12.0. The number of rotatable bonds is 6. The third-order valence-corrected chi connectivity index (χ3v) is 2.66. The summed E-state index contributed by atoms with van der Waals surface area (Å²) in [5.74, 6) is 0. The Bertz CT molecular complexity index is 155. The van der Waals surface area contributed by atoms with Crippen LogP contribution in [0.1, 0.15) is 26.7 Å². The summed E-state index contributed by atoms with van der Waals surface area (Å²) in [5.41, 5.74) is 0. The third kappa shape index (κ3) is 3.95. The fourth-order valence-electron chi connectivity index (χ4n) is 2.08. The molecule has 0 amide bonds. The standard InChI is InChI=1S/C11H24N2O/c1-5-14-11-6-10(7-11)12-9(2)8-13(3)4/h9-12H,5-8H2,1-4H3. The molecule has 1 rings (SSSR count). The molecule has 14 heavy (non-hydrogen) atoms. The van der Waals surface area contributed by atoms with Crippen molar-refractivity contribution < 1.29 is 4.74 Å². The van der Waals surface area contributed by atoms with Crippen LogP contribution in [0.5, 0.6) is 0 Å². The lowest BCUT2D eigenvalue weighted by Crippen LogP contribution is -2.50. The monoisotopic (exact) mass is 200 g/mol. The minimum atomic E-state index is 0.518. The van der Waals surface area contributed by atoms with Crippen LogP contribution in [-0.4, -0.2) is 50.3 Å². The molecule has 3 heteroatoms. The molecule has 1 aliphatic rings. The first-order chi connectivity index (χ1) is 6.61. The molecule has 1 N–H and O–H groups in total. The molecule has 1 saturated carbocycles. The Kier molecular flexibility index (Phi) is 4.85. The van der Waals surface area contributed by atoms with E-state index in [2.05, 4.69) is 38.2 Å². The van der Waals surface area contributed by atoms with Gasteiger partial charge in [-0.3, -0.25) is 0 Å². The van der Waals surface area contributed by atoms with Gasteiger partial charge in [-0.15, -0.1) is 0 Å². The van der Waals surface area contributed by atoms with Gasteiger partial charge in [0.05, 0.1) is 6.10 Å². The largest absolute Gasteiger partial charge is 0.378 e. The average Bonchev–Trinajstić information content (AvgIpc) is 1.99. The van der Waals surface area contributed by atoms with Crippen molar-refractivity contribution in [2.75, 3.05) is 27.2 Å². The highest BCUT2D eigenvalue weighted by Gasteiger charge is 2.29. The van der Waals surface area contributed by atoms with E-state index in [9.17, 15) is 0 Å². The van der Waals surface area contributed by atoms with Crippen LogP contribution < -0.4 is 5.32 Å². The van der Waals surface area contributed by atoms with Crippen LogP contribution in [0.2, 0.25) is 0 Å². The maximum absolute atomic E-state index is 5.52. The van der Waals surface area contributed by atoms with E-state index in [-0.39, 0.29) is 0 Å². The topological polar surface area (TPSA) is 24.5 Å². The number of hydrogen-bond acceptors (Lipinski definition) is 3. The van der Waals surface area contributed by atoms with Crippen molar-refractivity contribution in [3.8, 4) is 0 Å². The zero-order valence-corrected chi connectivity index (χ0v) is 9.92. The molecule has 0 aliphatic heterocycles. The van der Waals surface area contributed by atoms with Gasteiger partial charge in [0.15, 0.2) is 0 Å². The van der Waals surface area contributed by atoms with Crippen molar-refractivity contribution in [1.29, 1.82) is 0 Å². The summed E-state index contributed by atoms with van der Waals surface area (Å²) in [6.07, 6.45) is 2.89. The summed E-state index contributed by atoms with van der Waals surface area (Å²) in [6, 6.07) is 1.26. The molecule has 84 valence electrons. The maximum Gasteiger partial charge on any atom is 0.0604 e. The fourth-order valence-corrected chi connectivity index (χ4v) is 2.08. The lowest BCUT2D eigenvalue weighted by Gasteiger charge is -2.37. The summed E-state index contributed by atoms with van der Waals surface area (Å²) in [4.78, 5) is 2.22. The zero-order chi connectivity index (χ0) is 10.6. The Hall–Kier alpha value is -0.120. The molecule has 1 fully saturated rings. The molecule has 0 radical (unpaired) electrons. The first-order valence-corrected chi connectivity index (χ1v) is 5.64. The summed E-state index contributed by atoms with van der Waals surface area (Å²) < 4.78 is 5.52. The van der Waals surface area contributed by atoms with E-state index in [1.165, 1.54) is 12.8 Å². The summed E-state index contributed by atoms with van der Waals surface area (Å²) in [5, 5.41) is 3.61. The van der Waals surface area contributed by atoms with Crippen molar-refractivity contribution in [1.82, 2.24) is 10.2 Å². The van der Waals surface area contributed by atoms with Gasteiger partial charge in [-0.2, -0.15) is 0 Å². The molecule has 1 aliphatic carbocycles. The van der Waals surface area contributed by atoms with Crippen molar-refractivity contribution >= 4 is 0 Å². The van der Waals surface area contributed by atoms with Crippen LogP contribution >= 0.6 is 0 Å². The molecule has 1 atom stereocenters. The SMILES string of the molecule is CCOC1CC(NC(C)CN(C)C)C1. The number of likely N-dealkylation sites (N-methyl/N-ethyl adjacent to an activating group) is 1. The highest BCUT2D eigenvalue weighted by atomic mass is 16.5. The van der Waals surface area contributed by atoms with Gasteiger partial charge in [0.1, 0.15) is 0 Å². The van der Waals surface area contributed by atoms with Crippen LogP contribution in [0.25, 0.3) is 0 Å². The van der Waals surface area contributed by atoms with E-state index in [1.807, 2.05) is 0 Å². The van der Waals surface area contributed by atoms with E-state index in [4.69, 9.17) is 4.74 Å². The Balaban J connectivity index is 2.04. The zero-order valence-electron chi connectivity index (χ0n) is 9.92. The smallest absolute Gasteiger partial charge is 0.0604 e. The Morgan fingerprint density at radius 3 is 2.57 bits per heavy atom. The van der Waals surface area contributed by atoms with Crippen molar-refractivity contribution in [2.24, 2.45) is 0 Å². The van der Waals surface area contributed by atoms with Gasteiger partial charge in [0, 0.05) is 25.2 Å². The number of ether oxygens (including phenoxy) is 1. The molecule has 0 aromatic carbocycles. The Labute approximate surface area is 87.8 Å². The lowest BCUT2D eigenvalue weighted by atomic mass is 9.88. The average molecular weight is 200 g/mol. The second kappa shape index (κ2) is 5.69. The van der Waals surface area contributed by atoms with Gasteiger partial charge in [0.2, 0.25) is 0 Å². The van der Waals surface area contributed by atoms with Crippen LogP contribution in [0.3, 0.4) is 0 Å². The molecule has 3 nitrogen and oxygen atoms in total. The van der Waals surface area contributed by atoms with Gasteiger partial charge >= 0.3 is 0 Å². The van der Waals surface area contributed by atoms with Crippen LogP contribution in [0, 0.1) is 0 Å². The lowest BCUT2D eigenvalue weighted by molar-refractivity contribution is -0.0124. The first-order valence-electron chi connectivity index (χ1n) is 5.64. The second-order valence-electron chi connectivity index (χ2n) is 4.58. The molecule has 0 saturated heterocycles. The van der Waals surface area contributed by atoms with Gasteiger partial charge < -0.3 is 15.0 Å². The highest BCUT2D eigenvalue weighted by Crippen LogP contribution is 2.23. The molecule has 0 heterocycles. The van der Waals surface area contributed by atoms with Gasteiger partial charge in [-0.05, 0) is 40.8 Å². The predicted molar refractivity (Wildman–Crippen MR) is 59.6 cm³/mol. The third-order valence-electron chi connectivity index (χ3n) is 2.66. The number of hydrogen-bond donors (Lipinski definition) is 1. The van der Waals surface area contributed by atoms with E-state index in [0.717, 1.165) is 13.2 Å². The van der Waals surface area contributed by atoms with E-state index >= 15 is 0 Å². The fraction of sp³-hybridized carbons (Fsp3) is 1.00. The second-order valence-corrected chi connectivity index (χ2v) is 4.58. The van der Waals surface area contributed by atoms with Crippen molar-refractivity contribution in [2.45, 2.75) is 44.9 Å².